The quantitative estimate of drug-likeness (QED) is 0.413. The van der Waals surface area contributed by atoms with Crippen LogP contribution in [0.25, 0.3) is 0 Å². The number of rotatable bonds is 1. The van der Waals surface area contributed by atoms with Crippen molar-refractivity contribution in [3.8, 4) is 0 Å². The molecule has 2 aliphatic carbocycles. The largest absolute Gasteiger partial charge is 0.399 e. The molecule has 2 unspecified atom stereocenters. The van der Waals surface area contributed by atoms with Crippen molar-refractivity contribution in [3.63, 3.8) is 0 Å². The fraction of sp³-hybridized carbons (Fsp3) is 0.909. The summed E-state index contributed by atoms with van der Waals surface area (Å²) < 4.78 is 0.197. The smallest absolute Gasteiger partial charge is 0.106 e. The van der Waals surface area contributed by atoms with E-state index in [0.29, 0.717) is 11.3 Å². The van der Waals surface area contributed by atoms with E-state index in [-0.39, 0.29) is 3.42 Å². The van der Waals surface area contributed by atoms with Gasteiger partial charge in [-0.1, -0.05) is 34.7 Å². The van der Waals surface area contributed by atoms with E-state index >= 15 is 0 Å². The second-order valence-corrected chi connectivity index (χ2v) is 7.16. The Labute approximate surface area is 99.6 Å². The first-order valence-corrected chi connectivity index (χ1v) is 6.42. The summed E-state index contributed by atoms with van der Waals surface area (Å²) in [5.74, 6) is 0.711. The first kappa shape index (κ1) is 10.7. The second-order valence-electron chi connectivity index (χ2n) is 4.92. The maximum absolute atomic E-state index is 5.02. The van der Waals surface area contributed by atoms with Gasteiger partial charge in [-0.3, -0.25) is 0 Å². The van der Waals surface area contributed by atoms with E-state index in [1.165, 1.54) is 31.4 Å². The Bertz CT molecular complexity index is 268. The number of oxime groups is 1. The summed E-state index contributed by atoms with van der Waals surface area (Å²) in [6.07, 6.45) is 5.29. The van der Waals surface area contributed by atoms with Crippen LogP contribution in [0, 0.1) is 11.3 Å². The van der Waals surface area contributed by atoms with Crippen LogP contribution in [0.4, 0.5) is 0 Å². The van der Waals surface area contributed by atoms with E-state index in [1.54, 1.807) is 7.11 Å². The van der Waals surface area contributed by atoms with Gasteiger partial charge in [0.2, 0.25) is 0 Å². The van der Waals surface area contributed by atoms with Gasteiger partial charge in [-0.05, 0) is 38.5 Å². The average molecular weight is 307 g/mol. The molecule has 0 aromatic carbocycles. The lowest BCUT2D eigenvalue weighted by Crippen LogP contribution is -2.45. The van der Waals surface area contributed by atoms with E-state index in [9.17, 15) is 0 Å². The summed E-state index contributed by atoms with van der Waals surface area (Å²) in [6.45, 7) is 4.63. The van der Waals surface area contributed by atoms with Crippen molar-refractivity contribution in [1.29, 1.82) is 0 Å². The zero-order valence-corrected chi connectivity index (χ0v) is 11.3. The van der Waals surface area contributed by atoms with Crippen molar-refractivity contribution in [1.82, 2.24) is 0 Å². The molecule has 2 rings (SSSR count). The highest BCUT2D eigenvalue weighted by Crippen LogP contribution is 2.60. The van der Waals surface area contributed by atoms with Crippen LogP contribution < -0.4 is 0 Å². The molecule has 0 saturated heterocycles. The molecule has 0 radical (unpaired) electrons. The fourth-order valence-electron chi connectivity index (χ4n) is 2.55. The Morgan fingerprint density at radius 1 is 1.43 bits per heavy atom. The molecule has 0 bridgehead atoms. The van der Waals surface area contributed by atoms with Gasteiger partial charge >= 0.3 is 0 Å². The second kappa shape index (κ2) is 3.35. The van der Waals surface area contributed by atoms with Crippen LogP contribution in [0.15, 0.2) is 5.16 Å². The van der Waals surface area contributed by atoms with Crippen LogP contribution in [0.2, 0.25) is 0 Å². The van der Waals surface area contributed by atoms with Crippen LogP contribution >= 0.6 is 22.6 Å². The zero-order chi connectivity index (χ0) is 10.4. The zero-order valence-electron chi connectivity index (χ0n) is 9.14. The molecule has 14 heavy (non-hydrogen) atoms. The monoisotopic (exact) mass is 307 g/mol. The molecule has 0 heterocycles. The van der Waals surface area contributed by atoms with E-state index in [0.717, 1.165) is 0 Å². The summed E-state index contributed by atoms with van der Waals surface area (Å²) in [5.41, 5.74) is 1.74. The van der Waals surface area contributed by atoms with E-state index in [1.807, 2.05) is 0 Å². The van der Waals surface area contributed by atoms with Crippen LogP contribution in [-0.2, 0) is 4.84 Å². The van der Waals surface area contributed by atoms with Crippen molar-refractivity contribution in [3.05, 3.63) is 0 Å². The highest BCUT2D eigenvalue weighted by Gasteiger charge is 2.57. The molecule has 2 nitrogen and oxygen atoms in total. The predicted octanol–water partition coefficient (Wildman–Crippen LogP) is 3.39. The van der Waals surface area contributed by atoms with Gasteiger partial charge in [0.15, 0.2) is 0 Å². The molecule has 0 amide bonds. The van der Waals surface area contributed by atoms with Gasteiger partial charge in [-0.15, -0.1) is 0 Å². The molecular formula is C11H18INO. The van der Waals surface area contributed by atoms with Gasteiger partial charge in [0, 0.05) is 5.41 Å². The molecule has 2 aliphatic rings. The minimum absolute atomic E-state index is 0.197. The normalized spacial score (nSPS) is 42.9. The summed E-state index contributed by atoms with van der Waals surface area (Å²) in [4.78, 5) is 5.02. The van der Waals surface area contributed by atoms with Crippen molar-refractivity contribution in [2.75, 3.05) is 7.11 Å². The molecule has 3 heteroatoms. The van der Waals surface area contributed by atoms with Gasteiger partial charge in [-0.25, -0.2) is 0 Å². The Morgan fingerprint density at radius 2 is 2.07 bits per heavy atom. The fourth-order valence-corrected chi connectivity index (χ4v) is 3.53. The molecule has 80 valence electrons. The topological polar surface area (TPSA) is 21.6 Å². The molecule has 2 fully saturated rings. The summed E-state index contributed by atoms with van der Waals surface area (Å²) >= 11 is 2.56. The summed E-state index contributed by atoms with van der Waals surface area (Å²) in [6, 6.07) is 0. The molecule has 0 aliphatic heterocycles. The number of halogens is 1. The third kappa shape index (κ3) is 1.48. The average Bonchev–Trinajstić information content (AvgIpc) is 2.89. The molecule has 0 N–H and O–H groups in total. The summed E-state index contributed by atoms with van der Waals surface area (Å²) in [5, 5.41) is 4.31. The molecule has 0 aromatic rings. The minimum Gasteiger partial charge on any atom is -0.399 e. The van der Waals surface area contributed by atoms with E-state index in [4.69, 9.17) is 4.84 Å². The number of nitrogens with zero attached hydrogens (tertiary/aromatic N) is 1. The molecule has 1 spiro atoms. The molecule has 2 atom stereocenters. The van der Waals surface area contributed by atoms with Crippen molar-refractivity contribution in [2.24, 2.45) is 16.5 Å². The van der Waals surface area contributed by atoms with Crippen LogP contribution in [-0.4, -0.2) is 16.2 Å². The summed E-state index contributed by atoms with van der Waals surface area (Å²) in [7, 11) is 1.66. The third-order valence-electron chi connectivity index (χ3n) is 3.98. The Kier molecular flexibility index (Phi) is 2.57. The standard InChI is InChI=1S/C11H18INO/c1-8-4-5-11(6-7-11)9(13-14-3)10(8,2)12/h8H,4-7H2,1-3H3/b13-9-. The lowest BCUT2D eigenvalue weighted by Gasteiger charge is -2.40. The van der Waals surface area contributed by atoms with Gasteiger partial charge in [-0.2, -0.15) is 0 Å². The SMILES string of the molecule is CO/N=C1\C2(CCC(C)C1(C)I)CC2. The lowest BCUT2D eigenvalue weighted by molar-refractivity contribution is 0.203. The number of hydrogen-bond donors (Lipinski definition) is 0. The highest BCUT2D eigenvalue weighted by atomic mass is 127. The Balaban J connectivity index is 2.32. The minimum atomic E-state index is 0.197. The number of alkyl halides is 1. The van der Waals surface area contributed by atoms with Gasteiger partial charge < -0.3 is 4.84 Å². The van der Waals surface area contributed by atoms with Gasteiger partial charge in [0.1, 0.15) is 7.11 Å². The maximum atomic E-state index is 5.02. The Hall–Kier alpha value is 0.200. The van der Waals surface area contributed by atoms with Crippen molar-refractivity contribution < 1.29 is 4.84 Å². The van der Waals surface area contributed by atoms with Crippen LogP contribution in [0.3, 0.4) is 0 Å². The predicted molar refractivity (Wildman–Crippen MR) is 66.9 cm³/mol. The number of hydrogen-bond acceptors (Lipinski definition) is 2. The first-order valence-electron chi connectivity index (χ1n) is 5.34. The lowest BCUT2D eigenvalue weighted by atomic mass is 9.72. The van der Waals surface area contributed by atoms with Gasteiger partial charge in [0.05, 0.1) is 9.13 Å². The first-order chi connectivity index (χ1) is 6.53. The molecular weight excluding hydrogens is 289 g/mol. The molecule has 2 saturated carbocycles. The van der Waals surface area contributed by atoms with E-state index in [2.05, 4.69) is 41.6 Å². The Morgan fingerprint density at radius 3 is 2.57 bits per heavy atom. The van der Waals surface area contributed by atoms with Gasteiger partial charge in [0.25, 0.3) is 0 Å². The van der Waals surface area contributed by atoms with Crippen molar-refractivity contribution >= 4 is 28.3 Å². The van der Waals surface area contributed by atoms with Crippen molar-refractivity contribution in [2.45, 2.75) is 43.0 Å². The maximum Gasteiger partial charge on any atom is 0.106 e. The highest BCUT2D eigenvalue weighted by molar-refractivity contribution is 14.1. The third-order valence-corrected chi connectivity index (χ3v) is 5.56. The van der Waals surface area contributed by atoms with Crippen LogP contribution in [0.5, 0.6) is 0 Å². The van der Waals surface area contributed by atoms with E-state index < -0.39 is 0 Å². The molecule has 0 aromatic heterocycles. The van der Waals surface area contributed by atoms with Crippen LogP contribution in [0.1, 0.15) is 39.5 Å².